The number of esters is 2. The van der Waals surface area contributed by atoms with Crippen molar-refractivity contribution in [3.05, 3.63) is 0 Å². The first-order valence-electron chi connectivity index (χ1n) is 7.65. The van der Waals surface area contributed by atoms with Crippen molar-refractivity contribution in [3.8, 4) is 0 Å². The molecule has 5 heteroatoms. The maximum absolute atomic E-state index is 12.2. The smallest absolute Gasteiger partial charge is 0.302 e. The van der Waals surface area contributed by atoms with Gasteiger partial charge < -0.3 is 9.47 Å². The highest BCUT2D eigenvalue weighted by Gasteiger charge is 2.56. The molecule has 0 N–H and O–H groups in total. The molecular formula is C16H24O5. The molecule has 0 aromatic rings. The van der Waals surface area contributed by atoms with Gasteiger partial charge in [0, 0.05) is 31.6 Å². The lowest BCUT2D eigenvalue weighted by molar-refractivity contribution is -0.154. The van der Waals surface area contributed by atoms with Gasteiger partial charge in [-0.3, -0.25) is 14.4 Å². The number of rotatable bonds is 4. The number of Topliss-reactive ketones (excluding diaryl/α,β-unsaturated/α-hetero) is 1. The van der Waals surface area contributed by atoms with E-state index in [2.05, 4.69) is 6.92 Å². The average Bonchev–Trinajstić information content (AvgIpc) is 2.69. The van der Waals surface area contributed by atoms with Crippen LogP contribution in [0.1, 0.15) is 46.5 Å². The van der Waals surface area contributed by atoms with Crippen LogP contribution >= 0.6 is 0 Å². The third-order valence-electron chi connectivity index (χ3n) is 5.00. The van der Waals surface area contributed by atoms with Crippen LogP contribution in [0.15, 0.2) is 0 Å². The highest BCUT2D eigenvalue weighted by Crippen LogP contribution is 2.55. The van der Waals surface area contributed by atoms with Crippen LogP contribution in [0.5, 0.6) is 0 Å². The van der Waals surface area contributed by atoms with E-state index in [9.17, 15) is 14.4 Å². The molecule has 0 aromatic carbocycles. The van der Waals surface area contributed by atoms with Crippen LogP contribution < -0.4 is 0 Å². The molecule has 0 spiro atoms. The molecule has 0 bridgehead atoms. The maximum Gasteiger partial charge on any atom is 0.302 e. The summed E-state index contributed by atoms with van der Waals surface area (Å²) in [5, 5.41) is 0. The van der Waals surface area contributed by atoms with E-state index >= 15 is 0 Å². The van der Waals surface area contributed by atoms with E-state index in [1.54, 1.807) is 0 Å². The molecule has 21 heavy (non-hydrogen) atoms. The number of ketones is 1. The lowest BCUT2D eigenvalue weighted by atomic mass is 9.69. The summed E-state index contributed by atoms with van der Waals surface area (Å²) in [6, 6.07) is 0. The summed E-state index contributed by atoms with van der Waals surface area (Å²) in [6.07, 6.45) is 3.20. The molecule has 0 heterocycles. The van der Waals surface area contributed by atoms with Gasteiger partial charge in [0.15, 0.2) is 0 Å². The van der Waals surface area contributed by atoms with Crippen LogP contribution in [0.4, 0.5) is 0 Å². The van der Waals surface area contributed by atoms with Crippen LogP contribution in [0.3, 0.4) is 0 Å². The first-order valence-corrected chi connectivity index (χ1v) is 7.65. The molecule has 5 nitrogen and oxygen atoms in total. The van der Waals surface area contributed by atoms with Crippen molar-refractivity contribution in [2.45, 2.75) is 46.5 Å². The van der Waals surface area contributed by atoms with Crippen molar-refractivity contribution in [2.75, 3.05) is 13.2 Å². The van der Waals surface area contributed by atoms with E-state index in [0.29, 0.717) is 12.2 Å². The van der Waals surface area contributed by atoms with Crippen molar-refractivity contribution in [1.29, 1.82) is 0 Å². The summed E-state index contributed by atoms with van der Waals surface area (Å²) >= 11 is 0. The van der Waals surface area contributed by atoms with Gasteiger partial charge in [0.05, 0.1) is 0 Å². The van der Waals surface area contributed by atoms with Gasteiger partial charge in [-0.2, -0.15) is 0 Å². The molecule has 2 rings (SSSR count). The van der Waals surface area contributed by atoms with Gasteiger partial charge in [-0.25, -0.2) is 0 Å². The number of hydrogen-bond donors (Lipinski definition) is 0. The number of carbonyl (C=O) groups excluding carboxylic acids is 3. The summed E-state index contributed by atoms with van der Waals surface area (Å²) in [5.41, 5.74) is -0.405. The standard InChI is InChI=1S/C16H24O5/c1-10-7-16(8-20-11(2)17,9-21-12(3)18)13-5-4-6-14(19)15(10)13/h10,13,15H,4-9H2,1-3H3/t10-,13-,15+/m0/s1. The average molecular weight is 296 g/mol. The lowest BCUT2D eigenvalue weighted by Crippen LogP contribution is -2.41. The molecule has 2 saturated carbocycles. The Morgan fingerprint density at radius 3 is 2.29 bits per heavy atom. The molecule has 2 aliphatic rings. The first-order chi connectivity index (χ1) is 9.85. The van der Waals surface area contributed by atoms with Crippen LogP contribution in [-0.2, 0) is 23.9 Å². The fourth-order valence-electron chi connectivity index (χ4n) is 4.25. The second kappa shape index (κ2) is 6.16. The van der Waals surface area contributed by atoms with E-state index in [0.717, 1.165) is 19.3 Å². The van der Waals surface area contributed by atoms with Crippen molar-refractivity contribution >= 4 is 17.7 Å². The molecule has 0 aliphatic heterocycles. The van der Waals surface area contributed by atoms with E-state index in [-0.39, 0.29) is 42.9 Å². The normalized spacial score (nSPS) is 30.6. The van der Waals surface area contributed by atoms with Gasteiger partial charge in [-0.05, 0) is 31.1 Å². The quantitative estimate of drug-likeness (QED) is 0.743. The molecule has 3 atom stereocenters. The lowest BCUT2D eigenvalue weighted by Gasteiger charge is -2.38. The van der Waals surface area contributed by atoms with Crippen LogP contribution in [0, 0.1) is 23.2 Å². The topological polar surface area (TPSA) is 69.7 Å². The minimum Gasteiger partial charge on any atom is -0.465 e. The Morgan fingerprint density at radius 2 is 1.76 bits per heavy atom. The predicted molar refractivity (Wildman–Crippen MR) is 75.3 cm³/mol. The van der Waals surface area contributed by atoms with E-state index < -0.39 is 5.41 Å². The Labute approximate surface area is 125 Å². The Hall–Kier alpha value is -1.39. The minimum absolute atomic E-state index is 0.0184. The summed E-state index contributed by atoms with van der Waals surface area (Å²) in [7, 11) is 0. The molecule has 0 radical (unpaired) electrons. The number of fused-ring (bicyclic) bond motifs is 1. The second-order valence-electron chi connectivity index (χ2n) is 6.60. The van der Waals surface area contributed by atoms with E-state index in [1.165, 1.54) is 13.8 Å². The Morgan fingerprint density at radius 1 is 1.19 bits per heavy atom. The number of ether oxygens (including phenoxy) is 2. The minimum atomic E-state index is -0.405. The third-order valence-corrected chi connectivity index (χ3v) is 5.00. The number of carbonyl (C=O) groups is 3. The van der Waals surface area contributed by atoms with Crippen LogP contribution in [0.2, 0.25) is 0 Å². The second-order valence-corrected chi connectivity index (χ2v) is 6.60. The highest BCUT2D eigenvalue weighted by atomic mass is 16.5. The summed E-state index contributed by atoms with van der Waals surface area (Å²) in [5.74, 6) is 0.0448. The summed E-state index contributed by atoms with van der Waals surface area (Å²) in [4.78, 5) is 34.6. The van der Waals surface area contributed by atoms with Crippen molar-refractivity contribution in [2.24, 2.45) is 23.2 Å². The molecule has 0 aromatic heterocycles. The van der Waals surface area contributed by atoms with Gasteiger partial charge >= 0.3 is 11.9 Å². The molecule has 0 unspecified atom stereocenters. The Kier molecular flexibility index (Phi) is 4.69. The van der Waals surface area contributed by atoms with E-state index in [4.69, 9.17) is 9.47 Å². The molecule has 0 saturated heterocycles. The Balaban J connectivity index is 2.23. The molecular weight excluding hydrogens is 272 g/mol. The predicted octanol–water partition coefficient (Wildman–Crippen LogP) is 2.12. The van der Waals surface area contributed by atoms with Crippen molar-refractivity contribution in [1.82, 2.24) is 0 Å². The summed E-state index contributed by atoms with van der Waals surface area (Å²) in [6.45, 7) is 5.29. The number of hydrogen-bond acceptors (Lipinski definition) is 5. The Bertz CT molecular complexity index is 424. The van der Waals surface area contributed by atoms with Gasteiger partial charge in [0.25, 0.3) is 0 Å². The fraction of sp³-hybridized carbons (Fsp3) is 0.812. The van der Waals surface area contributed by atoms with Gasteiger partial charge in [-0.15, -0.1) is 0 Å². The van der Waals surface area contributed by atoms with Crippen LogP contribution in [-0.4, -0.2) is 30.9 Å². The van der Waals surface area contributed by atoms with Gasteiger partial charge in [0.1, 0.15) is 19.0 Å². The van der Waals surface area contributed by atoms with Crippen LogP contribution in [0.25, 0.3) is 0 Å². The molecule has 2 fully saturated rings. The fourth-order valence-corrected chi connectivity index (χ4v) is 4.25. The largest absolute Gasteiger partial charge is 0.465 e. The molecule has 118 valence electrons. The monoisotopic (exact) mass is 296 g/mol. The van der Waals surface area contributed by atoms with Crippen molar-refractivity contribution < 1.29 is 23.9 Å². The highest BCUT2D eigenvalue weighted by molar-refractivity contribution is 5.83. The van der Waals surface area contributed by atoms with Crippen molar-refractivity contribution in [3.63, 3.8) is 0 Å². The zero-order chi connectivity index (χ0) is 15.6. The third kappa shape index (κ3) is 3.27. The molecule has 0 amide bonds. The zero-order valence-corrected chi connectivity index (χ0v) is 13.0. The first kappa shape index (κ1) is 16.0. The summed E-state index contributed by atoms with van der Waals surface area (Å²) < 4.78 is 10.5. The van der Waals surface area contributed by atoms with Gasteiger partial charge in [0.2, 0.25) is 0 Å². The maximum atomic E-state index is 12.2. The molecule has 2 aliphatic carbocycles. The SMILES string of the molecule is CC(=O)OCC1(COC(C)=O)C[C@H](C)[C@H]2C(=O)CCC[C@@H]21. The van der Waals surface area contributed by atoms with Gasteiger partial charge in [-0.1, -0.05) is 6.92 Å². The van der Waals surface area contributed by atoms with E-state index in [1.807, 2.05) is 0 Å². The zero-order valence-electron chi connectivity index (χ0n) is 13.0.